The van der Waals surface area contributed by atoms with Crippen molar-refractivity contribution in [2.45, 2.75) is 349 Å². The van der Waals surface area contributed by atoms with Gasteiger partial charge in [0.15, 0.2) is 6.10 Å². The van der Waals surface area contributed by atoms with Gasteiger partial charge in [-0.1, -0.05) is 304 Å². The number of hydrogen-bond acceptors (Lipinski definition) is 6. The Balaban J connectivity index is 4.29. The van der Waals surface area contributed by atoms with Crippen molar-refractivity contribution >= 4 is 17.9 Å². The van der Waals surface area contributed by atoms with Gasteiger partial charge in [0.1, 0.15) is 13.2 Å². The van der Waals surface area contributed by atoms with Gasteiger partial charge in [0, 0.05) is 19.3 Å². The van der Waals surface area contributed by atoms with E-state index in [0.717, 1.165) is 69.6 Å². The number of esters is 3. The van der Waals surface area contributed by atoms with Crippen molar-refractivity contribution in [3.05, 3.63) is 0 Å². The molecule has 0 aliphatic heterocycles. The van der Waals surface area contributed by atoms with Crippen LogP contribution in [0.3, 0.4) is 0 Å². The highest BCUT2D eigenvalue weighted by molar-refractivity contribution is 5.71. The fourth-order valence-corrected chi connectivity index (χ4v) is 9.37. The van der Waals surface area contributed by atoms with Gasteiger partial charge in [0.2, 0.25) is 0 Å². The monoisotopic (exact) mass is 947 g/mol. The average molecular weight is 948 g/mol. The zero-order valence-electron chi connectivity index (χ0n) is 46.0. The molecule has 0 aromatic rings. The molecule has 67 heavy (non-hydrogen) atoms. The van der Waals surface area contributed by atoms with E-state index in [1.165, 1.54) is 231 Å². The Hall–Kier alpha value is -1.59. The summed E-state index contributed by atoms with van der Waals surface area (Å²) in [5.74, 6) is 0.875. The number of unbranched alkanes of at least 4 members (excludes halogenated alkanes) is 39. The maximum absolute atomic E-state index is 12.9. The van der Waals surface area contributed by atoms with E-state index in [2.05, 4.69) is 34.6 Å². The van der Waals surface area contributed by atoms with Crippen LogP contribution in [0.5, 0.6) is 0 Å². The first-order chi connectivity index (χ1) is 32.8. The normalized spacial score (nSPS) is 12.4. The molecule has 0 spiro atoms. The maximum Gasteiger partial charge on any atom is 0.306 e. The highest BCUT2D eigenvalue weighted by atomic mass is 16.6. The van der Waals surface area contributed by atoms with Crippen LogP contribution >= 0.6 is 0 Å². The van der Waals surface area contributed by atoms with Gasteiger partial charge < -0.3 is 14.2 Å². The lowest BCUT2D eigenvalue weighted by Crippen LogP contribution is -2.30. The van der Waals surface area contributed by atoms with E-state index in [0.29, 0.717) is 19.3 Å². The number of carbonyl (C=O) groups excluding carboxylic acids is 3. The number of carbonyl (C=O) groups is 3. The summed E-state index contributed by atoms with van der Waals surface area (Å²) in [6.07, 6.45) is 58.0. The molecule has 1 unspecified atom stereocenters. The third-order valence-electron chi connectivity index (χ3n) is 14.3. The minimum Gasteiger partial charge on any atom is -0.462 e. The molecule has 0 aliphatic carbocycles. The van der Waals surface area contributed by atoms with Crippen LogP contribution in [-0.4, -0.2) is 37.2 Å². The first-order valence-corrected chi connectivity index (χ1v) is 30.3. The summed E-state index contributed by atoms with van der Waals surface area (Å²) in [5, 5.41) is 0. The molecule has 0 saturated carbocycles. The summed E-state index contributed by atoms with van der Waals surface area (Å²) in [6.45, 7) is 11.5. The maximum atomic E-state index is 12.9. The van der Waals surface area contributed by atoms with Crippen molar-refractivity contribution in [3.8, 4) is 0 Å². The Labute approximate surface area is 418 Å². The Morgan fingerprint density at radius 1 is 0.313 bits per heavy atom. The van der Waals surface area contributed by atoms with Crippen LogP contribution in [0.25, 0.3) is 0 Å². The second-order valence-electron chi connectivity index (χ2n) is 21.7. The zero-order valence-corrected chi connectivity index (χ0v) is 46.0. The van der Waals surface area contributed by atoms with E-state index in [1.54, 1.807) is 0 Å². The number of ether oxygens (including phenoxy) is 3. The van der Waals surface area contributed by atoms with Crippen molar-refractivity contribution in [1.29, 1.82) is 0 Å². The summed E-state index contributed by atoms with van der Waals surface area (Å²) in [7, 11) is 0. The molecular weight excluding hydrogens is 829 g/mol. The Morgan fingerprint density at radius 2 is 0.567 bits per heavy atom. The zero-order chi connectivity index (χ0) is 48.9. The van der Waals surface area contributed by atoms with Crippen molar-refractivity contribution < 1.29 is 28.6 Å². The standard InChI is InChI=1S/C61H118O6/c1-6-8-9-10-11-12-13-14-15-16-17-18-22-25-31-36-41-46-51-59(62)65-54-58(67-61(64)53-48-43-38-33-28-27-30-35-40-45-50-57(5)7-2)55-66-60(63)52-47-42-37-32-26-23-20-19-21-24-29-34-39-44-49-56(3)4/h56-58H,6-55H2,1-5H3/t57?,58-/m0/s1. The first kappa shape index (κ1) is 65.4. The van der Waals surface area contributed by atoms with Gasteiger partial charge in [-0.25, -0.2) is 0 Å². The van der Waals surface area contributed by atoms with Gasteiger partial charge in [-0.05, 0) is 31.1 Å². The topological polar surface area (TPSA) is 78.9 Å². The molecule has 0 fully saturated rings. The lowest BCUT2D eigenvalue weighted by Gasteiger charge is -2.18. The SMILES string of the molecule is CCCCCCCCCCCCCCCCCCCCC(=O)OC[C@@H](COC(=O)CCCCCCCCCCCCCCCCC(C)C)OC(=O)CCCCCCCCCCCCC(C)CC. The Bertz CT molecular complexity index is 1030. The summed E-state index contributed by atoms with van der Waals surface area (Å²) in [5.41, 5.74) is 0. The predicted octanol–water partition coefficient (Wildman–Crippen LogP) is 20.0. The van der Waals surface area contributed by atoms with Gasteiger partial charge in [-0.2, -0.15) is 0 Å². The Morgan fingerprint density at radius 3 is 0.851 bits per heavy atom. The highest BCUT2D eigenvalue weighted by Gasteiger charge is 2.19. The van der Waals surface area contributed by atoms with Crippen molar-refractivity contribution in [2.75, 3.05) is 13.2 Å². The van der Waals surface area contributed by atoms with E-state index in [-0.39, 0.29) is 31.1 Å². The molecule has 6 nitrogen and oxygen atoms in total. The van der Waals surface area contributed by atoms with Gasteiger partial charge >= 0.3 is 17.9 Å². The fourth-order valence-electron chi connectivity index (χ4n) is 9.37. The molecule has 0 rings (SSSR count). The molecule has 0 saturated heterocycles. The molecule has 0 N–H and O–H groups in total. The van der Waals surface area contributed by atoms with Gasteiger partial charge in [0.05, 0.1) is 0 Å². The molecule has 0 aliphatic rings. The summed E-state index contributed by atoms with van der Waals surface area (Å²) >= 11 is 0. The van der Waals surface area contributed by atoms with Crippen LogP contribution in [0.15, 0.2) is 0 Å². The number of rotatable bonds is 55. The second kappa shape index (κ2) is 53.8. The van der Waals surface area contributed by atoms with E-state index in [1.807, 2.05) is 0 Å². The minimum atomic E-state index is -0.763. The molecule has 398 valence electrons. The third kappa shape index (κ3) is 53.6. The minimum absolute atomic E-state index is 0.0625. The van der Waals surface area contributed by atoms with Crippen molar-refractivity contribution in [1.82, 2.24) is 0 Å². The smallest absolute Gasteiger partial charge is 0.306 e. The molecule has 0 bridgehead atoms. The van der Waals surface area contributed by atoms with E-state index < -0.39 is 6.10 Å². The average Bonchev–Trinajstić information content (AvgIpc) is 3.31. The van der Waals surface area contributed by atoms with E-state index in [4.69, 9.17) is 14.2 Å². The molecule has 0 radical (unpaired) electrons. The summed E-state index contributed by atoms with van der Waals surface area (Å²) in [6, 6.07) is 0. The van der Waals surface area contributed by atoms with Gasteiger partial charge in [0.25, 0.3) is 0 Å². The second-order valence-corrected chi connectivity index (χ2v) is 21.7. The molecule has 0 heterocycles. The van der Waals surface area contributed by atoms with Crippen molar-refractivity contribution in [2.24, 2.45) is 11.8 Å². The lowest BCUT2D eigenvalue weighted by molar-refractivity contribution is -0.167. The largest absolute Gasteiger partial charge is 0.462 e. The van der Waals surface area contributed by atoms with Crippen LogP contribution in [0, 0.1) is 11.8 Å². The van der Waals surface area contributed by atoms with Gasteiger partial charge in [-0.15, -0.1) is 0 Å². The molecular formula is C61H118O6. The molecule has 0 aromatic heterocycles. The van der Waals surface area contributed by atoms with Crippen LogP contribution < -0.4 is 0 Å². The van der Waals surface area contributed by atoms with Crippen molar-refractivity contribution in [3.63, 3.8) is 0 Å². The van der Waals surface area contributed by atoms with E-state index in [9.17, 15) is 14.4 Å². The van der Waals surface area contributed by atoms with Crippen LogP contribution in [-0.2, 0) is 28.6 Å². The number of hydrogen-bond donors (Lipinski definition) is 0. The van der Waals surface area contributed by atoms with E-state index >= 15 is 0 Å². The van der Waals surface area contributed by atoms with Gasteiger partial charge in [-0.3, -0.25) is 14.4 Å². The van der Waals surface area contributed by atoms with Crippen LogP contribution in [0.2, 0.25) is 0 Å². The molecule has 2 atom stereocenters. The molecule has 0 amide bonds. The third-order valence-corrected chi connectivity index (χ3v) is 14.3. The fraction of sp³-hybridized carbons (Fsp3) is 0.951. The molecule has 0 aromatic carbocycles. The Kier molecular flexibility index (Phi) is 52.5. The lowest BCUT2D eigenvalue weighted by atomic mass is 9.99. The summed E-state index contributed by atoms with van der Waals surface area (Å²) in [4.78, 5) is 38.2. The van der Waals surface area contributed by atoms with Crippen LogP contribution in [0.1, 0.15) is 343 Å². The predicted molar refractivity (Wildman–Crippen MR) is 289 cm³/mol. The quantitative estimate of drug-likeness (QED) is 0.0343. The molecule has 6 heteroatoms. The summed E-state index contributed by atoms with van der Waals surface area (Å²) < 4.78 is 16.9. The highest BCUT2D eigenvalue weighted by Crippen LogP contribution is 2.19. The van der Waals surface area contributed by atoms with Crippen LogP contribution in [0.4, 0.5) is 0 Å². The first-order valence-electron chi connectivity index (χ1n) is 30.3.